The van der Waals surface area contributed by atoms with E-state index in [2.05, 4.69) is 287 Å². The van der Waals surface area contributed by atoms with Gasteiger partial charge in [-0.3, -0.25) is 0 Å². The highest BCUT2D eigenvalue weighted by atomic mass is 28.3. The molecule has 0 aliphatic rings. The molecule has 3 nitrogen and oxygen atoms in total. The van der Waals surface area contributed by atoms with Crippen molar-refractivity contribution in [2.75, 3.05) is 0 Å². The summed E-state index contributed by atoms with van der Waals surface area (Å²) >= 11 is 0. The number of hydrogen-bond acceptors (Lipinski definition) is 0. The molecule has 0 radical (unpaired) electrons. The molecule has 0 saturated carbocycles. The Morgan fingerprint density at radius 1 is 0.229 bits per heavy atom. The molecule has 0 saturated heterocycles. The zero-order valence-electron chi connectivity index (χ0n) is 38.3. The second-order valence-corrected chi connectivity index (χ2v) is 22.2. The van der Waals surface area contributed by atoms with Crippen LogP contribution in [0.3, 0.4) is 0 Å². The molecule has 0 atom stereocenters. The van der Waals surface area contributed by atoms with Crippen LogP contribution in [0.25, 0.3) is 93.6 Å². The number of aromatic nitrogens is 3. The molecule has 4 heteroatoms. The second kappa shape index (κ2) is 16.1. The summed E-state index contributed by atoms with van der Waals surface area (Å²) in [5, 5.41) is 12.8. The summed E-state index contributed by atoms with van der Waals surface area (Å²) in [5.74, 6) is 0. The molecule has 0 amide bonds. The number of hydrogen-bond donors (Lipinski definition) is 0. The quantitative estimate of drug-likeness (QED) is 0.107. The first kappa shape index (κ1) is 40.1. The van der Waals surface area contributed by atoms with Gasteiger partial charge in [0.1, 0.15) is 0 Å². The maximum absolute atomic E-state index is 2.81. The smallest absolute Gasteiger partial charge is 0.179 e. The van der Waals surface area contributed by atoms with Gasteiger partial charge in [-0.05, 0) is 105 Å². The van der Waals surface area contributed by atoms with Gasteiger partial charge >= 0.3 is 0 Å². The van der Waals surface area contributed by atoms with Crippen molar-refractivity contribution in [1.29, 1.82) is 0 Å². The third-order valence-electron chi connectivity index (χ3n) is 14.8. The fourth-order valence-corrected chi connectivity index (χ4v) is 16.6. The van der Waals surface area contributed by atoms with Crippen LogP contribution in [-0.4, -0.2) is 21.8 Å². The lowest BCUT2D eigenvalue weighted by atomic mass is 10.0. The maximum Gasteiger partial charge on any atom is 0.179 e. The summed E-state index contributed by atoms with van der Waals surface area (Å²) in [7, 11) is -2.81. The molecule has 14 rings (SSSR count). The van der Waals surface area contributed by atoms with Gasteiger partial charge in [0.25, 0.3) is 0 Å². The molecule has 0 spiro atoms. The Morgan fingerprint density at radius 2 is 0.614 bits per heavy atom. The van der Waals surface area contributed by atoms with Crippen LogP contribution >= 0.6 is 0 Å². The van der Waals surface area contributed by atoms with E-state index in [4.69, 9.17) is 0 Å². The number of nitrogens with zero attached hydrogens (tertiary/aromatic N) is 3. The van der Waals surface area contributed by atoms with Crippen LogP contribution in [0.4, 0.5) is 0 Å². The highest BCUT2D eigenvalue weighted by Crippen LogP contribution is 2.41. The van der Waals surface area contributed by atoms with Crippen molar-refractivity contribution in [1.82, 2.24) is 13.7 Å². The fraction of sp³-hybridized carbons (Fsp3) is 0. The highest BCUT2D eigenvalue weighted by molar-refractivity contribution is 7.19. The number of rotatable bonds is 8. The van der Waals surface area contributed by atoms with Crippen molar-refractivity contribution in [2.24, 2.45) is 0 Å². The van der Waals surface area contributed by atoms with Gasteiger partial charge in [-0.2, -0.15) is 0 Å². The molecular weight excluding hydrogens is 863 g/mol. The summed E-state index contributed by atoms with van der Waals surface area (Å²) in [6.45, 7) is 0. The molecule has 70 heavy (non-hydrogen) atoms. The van der Waals surface area contributed by atoms with Crippen LogP contribution in [-0.2, 0) is 0 Å². The standard InChI is InChI=1S/C66H45N3Si/c1-5-21-48(22-6-1)67-60-35-16-14-32-55(60)58-43-46(39-41-63(58)67)47-40-42-64-59(44-47)56-33-15-18-37-62(56)69(64)65-38-20-34-57-54-31-13-17-36-61(54)68(66(57)65)49-23-19-30-53(45-49)70(50-24-7-2-8-25-50,51-26-9-3-10-27-51)52-28-11-4-12-29-52/h1-45H. The van der Waals surface area contributed by atoms with Crippen molar-refractivity contribution < 1.29 is 0 Å². The van der Waals surface area contributed by atoms with Gasteiger partial charge in [-0.25, -0.2) is 0 Å². The van der Waals surface area contributed by atoms with Crippen molar-refractivity contribution >= 4 is 94.2 Å². The first-order valence-electron chi connectivity index (χ1n) is 24.2. The number of benzene rings is 11. The molecule has 11 aromatic carbocycles. The molecule has 0 N–H and O–H groups in total. The molecule has 14 aromatic rings. The maximum atomic E-state index is 2.53. The fourth-order valence-electron chi connectivity index (χ4n) is 11.8. The van der Waals surface area contributed by atoms with Gasteiger partial charge in [0.15, 0.2) is 8.07 Å². The summed E-state index contributed by atoms with van der Waals surface area (Å²) in [5.41, 5.74) is 13.0. The van der Waals surface area contributed by atoms with Crippen LogP contribution in [0.15, 0.2) is 273 Å². The predicted molar refractivity (Wildman–Crippen MR) is 299 cm³/mol. The Bertz CT molecular complexity index is 4180. The monoisotopic (exact) mass is 907 g/mol. The number of para-hydroxylation sites is 5. The predicted octanol–water partition coefficient (Wildman–Crippen LogP) is 14.0. The molecule has 3 heterocycles. The van der Waals surface area contributed by atoms with Crippen molar-refractivity contribution in [2.45, 2.75) is 0 Å². The van der Waals surface area contributed by atoms with Crippen molar-refractivity contribution in [3.8, 4) is 28.2 Å². The molecule has 0 aliphatic carbocycles. The van der Waals surface area contributed by atoms with Gasteiger partial charge in [0.05, 0.1) is 38.8 Å². The van der Waals surface area contributed by atoms with E-state index >= 15 is 0 Å². The molecule has 0 aliphatic heterocycles. The van der Waals surface area contributed by atoms with Crippen LogP contribution < -0.4 is 20.7 Å². The third kappa shape index (κ3) is 6.00. The first-order valence-corrected chi connectivity index (χ1v) is 26.2. The van der Waals surface area contributed by atoms with E-state index in [0.29, 0.717) is 0 Å². The zero-order valence-corrected chi connectivity index (χ0v) is 39.3. The van der Waals surface area contributed by atoms with E-state index in [1.165, 1.54) is 103 Å². The van der Waals surface area contributed by atoms with Gasteiger partial charge in [0.2, 0.25) is 0 Å². The molecule has 0 unspecified atom stereocenters. The Hall–Kier alpha value is -8.96. The Kier molecular flexibility index (Phi) is 9.23. The van der Waals surface area contributed by atoms with E-state index in [1.54, 1.807) is 0 Å². The van der Waals surface area contributed by atoms with Crippen LogP contribution in [0.2, 0.25) is 0 Å². The van der Waals surface area contributed by atoms with Gasteiger partial charge in [-0.15, -0.1) is 0 Å². The minimum Gasteiger partial charge on any atom is -0.309 e. The van der Waals surface area contributed by atoms with Crippen LogP contribution in [0.1, 0.15) is 0 Å². The van der Waals surface area contributed by atoms with E-state index in [0.717, 1.165) is 11.4 Å². The van der Waals surface area contributed by atoms with E-state index in [1.807, 2.05) is 0 Å². The normalized spacial score (nSPS) is 12.0. The lowest BCUT2D eigenvalue weighted by molar-refractivity contribution is 1.13. The highest BCUT2D eigenvalue weighted by Gasteiger charge is 2.41. The van der Waals surface area contributed by atoms with E-state index in [-0.39, 0.29) is 0 Å². The van der Waals surface area contributed by atoms with Crippen LogP contribution in [0.5, 0.6) is 0 Å². The molecule has 0 fully saturated rings. The summed E-state index contributed by atoms with van der Waals surface area (Å²) in [4.78, 5) is 0. The van der Waals surface area contributed by atoms with Crippen LogP contribution in [0, 0.1) is 0 Å². The van der Waals surface area contributed by atoms with E-state index < -0.39 is 8.07 Å². The SMILES string of the molecule is c1ccc(-n2c3ccccc3c3cc(-c4ccc5c(c4)c4ccccc4n5-c4cccc5c6ccccc6n(-c6cccc([Si](c7ccccc7)(c7ccccc7)c7ccccc7)c6)c45)ccc32)cc1. The molecular formula is C66H45N3Si. The average Bonchev–Trinajstić information content (AvgIpc) is 4.08. The van der Waals surface area contributed by atoms with Crippen molar-refractivity contribution in [3.63, 3.8) is 0 Å². The minimum atomic E-state index is -2.81. The first-order chi connectivity index (χ1) is 34.8. The summed E-state index contributed by atoms with van der Waals surface area (Å²) < 4.78 is 7.42. The third-order valence-corrected chi connectivity index (χ3v) is 19.5. The van der Waals surface area contributed by atoms with Crippen molar-refractivity contribution in [3.05, 3.63) is 273 Å². The molecule has 0 bridgehead atoms. The largest absolute Gasteiger partial charge is 0.309 e. The summed E-state index contributed by atoms with van der Waals surface area (Å²) in [6, 6.07) is 101. The van der Waals surface area contributed by atoms with Gasteiger partial charge in [-0.1, -0.05) is 200 Å². The topological polar surface area (TPSA) is 14.8 Å². The van der Waals surface area contributed by atoms with E-state index in [9.17, 15) is 0 Å². The summed E-state index contributed by atoms with van der Waals surface area (Å²) in [6.07, 6.45) is 0. The average molecular weight is 908 g/mol. The zero-order chi connectivity index (χ0) is 46.2. The molecule has 3 aromatic heterocycles. The second-order valence-electron chi connectivity index (χ2n) is 18.4. The Labute approximate surface area is 407 Å². The number of fused-ring (bicyclic) bond motifs is 9. The Balaban J connectivity index is 0.989. The lowest BCUT2D eigenvalue weighted by Crippen LogP contribution is -2.74. The Morgan fingerprint density at radius 3 is 1.17 bits per heavy atom. The lowest BCUT2D eigenvalue weighted by Gasteiger charge is -2.34. The minimum absolute atomic E-state index is 1.14. The van der Waals surface area contributed by atoms with Gasteiger partial charge in [0, 0.05) is 43.7 Å². The van der Waals surface area contributed by atoms with Gasteiger partial charge < -0.3 is 13.7 Å². The molecule has 328 valence electrons.